The van der Waals surface area contributed by atoms with Gasteiger partial charge in [0, 0.05) is 6.54 Å². The summed E-state index contributed by atoms with van der Waals surface area (Å²) in [6, 6.07) is 12.5. The van der Waals surface area contributed by atoms with Crippen molar-refractivity contribution in [3.05, 3.63) is 53.1 Å². The minimum Gasteiger partial charge on any atom is -0.495 e. The van der Waals surface area contributed by atoms with Gasteiger partial charge in [-0.05, 0) is 29.8 Å². The van der Waals surface area contributed by atoms with Crippen LogP contribution in [0.25, 0.3) is 0 Å². The van der Waals surface area contributed by atoms with Crippen molar-refractivity contribution in [2.24, 2.45) is 0 Å². The number of halogens is 1. The molecular weight excluding hydrogens is 318 g/mol. The average molecular weight is 336 g/mol. The predicted molar refractivity (Wildman–Crippen MR) is 88.3 cm³/mol. The first-order chi connectivity index (χ1) is 11.1. The van der Waals surface area contributed by atoms with E-state index >= 15 is 0 Å². The standard InChI is InChI=1S/C17H18ClNO4/c1-21-14-8-7-12(9-13(14)18)10-19-17(20)11-23-16-6-4-3-5-15(16)22-2/h3-9H,10-11H2,1-2H3,(H,19,20). The maximum absolute atomic E-state index is 11.9. The lowest BCUT2D eigenvalue weighted by molar-refractivity contribution is -0.123. The van der Waals surface area contributed by atoms with E-state index in [2.05, 4.69) is 5.32 Å². The number of carbonyl (C=O) groups excluding carboxylic acids is 1. The lowest BCUT2D eigenvalue weighted by atomic mass is 10.2. The molecule has 23 heavy (non-hydrogen) atoms. The van der Waals surface area contributed by atoms with E-state index < -0.39 is 0 Å². The largest absolute Gasteiger partial charge is 0.495 e. The summed E-state index contributed by atoms with van der Waals surface area (Å²) in [5.41, 5.74) is 0.876. The van der Waals surface area contributed by atoms with Crippen LogP contribution >= 0.6 is 11.6 Å². The number of methoxy groups -OCH3 is 2. The van der Waals surface area contributed by atoms with Crippen molar-refractivity contribution in [3.8, 4) is 17.2 Å². The first kappa shape index (κ1) is 17.0. The van der Waals surface area contributed by atoms with E-state index in [0.29, 0.717) is 28.8 Å². The highest BCUT2D eigenvalue weighted by atomic mass is 35.5. The van der Waals surface area contributed by atoms with Crippen molar-refractivity contribution >= 4 is 17.5 Å². The summed E-state index contributed by atoms with van der Waals surface area (Å²) < 4.78 is 15.7. The van der Waals surface area contributed by atoms with Crippen LogP contribution in [0.1, 0.15) is 5.56 Å². The van der Waals surface area contributed by atoms with Crippen molar-refractivity contribution in [3.63, 3.8) is 0 Å². The number of hydrogen-bond donors (Lipinski definition) is 1. The summed E-state index contributed by atoms with van der Waals surface area (Å²) in [6.45, 7) is 0.266. The molecule has 0 radical (unpaired) electrons. The Hall–Kier alpha value is -2.40. The molecule has 2 rings (SSSR count). The molecule has 122 valence electrons. The van der Waals surface area contributed by atoms with Gasteiger partial charge in [-0.25, -0.2) is 0 Å². The number of amides is 1. The van der Waals surface area contributed by atoms with Crippen molar-refractivity contribution < 1.29 is 19.0 Å². The Morgan fingerprint density at radius 3 is 2.39 bits per heavy atom. The van der Waals surface area contributed by atoms with E-state index in [9.17, 15) is 4.79 Å². The second kappa shape index (κ2) is 8.29. The summed E-state index contributed by atoms with van der Waals surface area (Å²) in [4.78, 5) is 11.9. The van der Waals surface area contributed by atoms with Gasteiger partial charge >= 0.3 is 0 Å². The van der Waals surface area contributed by atoms with Crippen LogP contribution in [0.2, 0.25) is 5.02 Å². The molecule has 0 unspecified atom stereocenters. The van der Waals surface area contributed by atoms with E-state index in [1.54, 1.807) is 38.5 Å². The van der Waals surface area contributed by atoms with Gasteiger partial charge in [0.15, 0.2) is 18.1 Å². The lowest BCUT2D eigenvalue weighted by Gasteiger charge is -2.11. The Kier molecular flexibility index (Phi) is 6.11. The van der Waals surface area contributed by atoms with E-state index in [4.69, 9.17) is 25.8 Å². The monoisotopic (exact) mass is 335 g/mol. The van der Waals surface area contributed by atoms with Gasteiger partial charge in [0.2, 0.25) is 0 Å². The first-order valence-electron chi connectivity index (χ1n) is 6.99. The fourth-order valence-corrected chi connectivity index (χ4v) is 2.23. The van der Waals surface area contributed by atoms with E-state index in [-0.39, 0.29) is 12.5 Å². The van der Waals surface area contributed by atoms with Gasteiger partial charge in [0.05, 0.1) is 19.2 Å². The first-order valence-corrected chi connectivity index (χ1v) is 7.36. The third kappa shape index (κ3) is 4.79. The second-order valence-corrected chi connectivity index (χ2v) is 5.09. The molecule has 0 aromatic heterocycles. The van der Waals surface area contributed by atoms with E-state index in [1.807, 2.05) is 18.2 Å². The summed E-state index contributed by atoms with van der Waals surface area (Å²) in [5.74, 6) is 1.48. The smallest absolute Gasteiger partial charge is 0.258 e. The SMILES string of the molecule is COc1ccc(CNC(=O)COc2ccccc2OC)cc1Cl. The van der Waals surface area contributed by atoms with Crippen LogP contribution in [0, 0.1) is 0 Å². The normalized spacial score (nSPS) is 10.0. The zero-order valence-electron chi connectivity index (χ0n) is 13.0. The fourth-order valence-electron chi connectivity index (χ4n) is 1.95. The molecule has 0 aliphatic heterocycles. The minimum absolute atomic E-state index is 0.0930. The molecule has 2 aromatic rings. The van der Waals surface area contributed by atoms with Gasteiger partial charge < -0.3 is 19.5 Å². The van der Waals surface area contributed by atoms with Gasteiger partial charge in [-0.3, -0.25) is 4.79 Å². The third-order valence-corrected chi connectivity index (χ3v) is 3.43. The molecule has 0 aliphatic rings. The highest BCUT2D eigenvalue weighted by molar-refractivity contribution is 6.32. The molecule has 6 heteroatoms. The van der Waals surface area contributed by atoms with Crippen LogP contribution in [-0.4, -0.2) is 26.7 Å². The predicted octanol–water partition coefficient (Wildman–Crippen LogP) is 3.05. The number of ether oxygens (including phenoxy) is 3. The van der Waals surface area contributed by atoms with Crippen LogP contribution in [0.15, 0.2) is 42.5 Å². The van der Waals surface area contributed by atoms with E-state index in [1.165, 1.54) is 0 Å². The highest BCUT2D eigenvalue weighted by Gasteiger charge is 2.07. The Bertz CT molecular complexity index is 675. The highest BCUT2D eigenvalue weighted by Crippen LogP contribution is 2.26. The zero-order chi connectivity index (χ0) is 16.7. The number of hydrogen-bond acceptors (Lipinski definition) is 4. The molecular formula is C17H18ClNO4. The molecule has 0 aliphatic carbocycles. The van der Waals surface area contributed by atoms with Crippen LogP contribution in [0.5, 0.6) is 17.2 Å². The van der Waals surface area contributed by atoms with Crippen molar-refractivity contribution in [2.75, 3.05) is 20.8 Å². The van der Waals surface area contributed by atoms with Crippen LogP contribution < -0.4 is 19.5 Å². The quantitative estimate of drug-likeness (QED) is 0.845. The number of rotatable bonds is 7. The molecule has 0 saturated heterocycles. The molecule has 1 N–H and O–H groups in total. The number of carbonyl (C=O) groups is 1. The fraction of sp³-hybridized carbons (Fsp3) is 0.235. The van der Waals surface area contributed by atoms with Crippen molar-refractivity contribution in [2.45, 2.75) is 6.54 Å². The summed E-state index contributed by atoms with van der Waals surface area (Å²) in [5, 5.41) is 3.27. The Balaban J connectivity index is 1.84. The molecule has 0 atom stereocenters. The maximum atomic E-state index is 11.9. The Morgan fingerprint density at radius 2 is 1.74 bits per heavy atom. The van der Waals surface area contributed by atoms with Gasteiger partial charge in [-0.15, -0.1) is 0 Å². The molecule has 0 heterocycles. The molecule has 0 fully saturated rings. The number of benzene rings is 2. The Labute approximate surface area is 140 Å². The average Bonchev–Trinajstić information content (AvgIpc) is 2.58. The van der Waals surface area contributed by atoms with Crippen molar-refractivity contribution in [1.29, 1.82) is 0 Å². The van der Waals surface area contributed by atoms with Gasteiger partial charge in [-0.2, -0.15) is 0 Å². The van der Waals surface area contributed by atoms with Gasteiger partial charge in [0.1, 0.15) is 5.75 Å². The van der Waals surface area contributed by atoms with Crippen molar-refractivity contribution in [1.82, 2.24) is 5.32 Å². The third-order valence-electron chi connectivity index (χ3n) is 3.13. The summed E-state index contributed by atoms with van der Waals surface area (Å²) >= 11 is 6.04. The van der Waals surface area contributed by atoms with Gasteiger partial charge in [0.25, 0.3) is 5.91 Å². The summed E-state index contributed by atoms with van der Waals surface area (Å²) in [6.07, 6.45) is 0. The number of para-hydroxylation sites is 2. The van der Waals surface area contributed by atoms with Crippen LogP contribution in [0.3, 0.4) is 0 Å². The second-order valence-electron chi connectivity index (χ2n) is 4.69. The molecule has 5 nitrogen and oxygen atoms in total. The Morgan fingerprint density at radius 1 is 1.04 bits per heavy atom. The summed E-state index contributed by atoms with van der Waals surface area (Å²) in [7, 11) is 3.10. The molecule has 0 spiro atoms. The van der Waals surface area contributed by atoms with Crippen LogP contribution in [0.4, 0.5) is 0 Å². The van der Waals surface area contributed by atoms with E-state index in [0.717, 1.165) is 5.56 Å². The molecule has 2 aromatic carbocycles. The molecule has 0 saturated carbocycles. The topological polar surface area (TPSA) is 56.8 Å². The number of nitrogens with one attached hydrogen (secondary N) is 1. The zero-order valence-corrected chi connectivity index (χ0v) is 13.7. The minimum atomic E-state index is -0.233. The van der Waals surface area contributed by atoms with Gasteiger partial charge in [-0.1, -0.05) is 29.8 Å². The maximum Gasteiger partial charge on any atom is 0.258 e. The van der Waals surface area contributed by atoms with Crippen LogP contribution in [-0.2, 0) is 11.3 Å². The molecule has 1 amide bonds. The molecule has 0 bridgehead atoms. The lowest BCUT2D eigenvalue weighted by Crippen LogP contribution is -2.28.